The van der Waals surface area contributed by atoms with Crippen molar-refractivity contribution in [3.8, 4) is 0 Å². The molecule has 1 aromatic carbocycles. The molecule has 2 fully saturated rings. The molecule has 2 N–H and O–H groups in total. The standard InChI is InChI=1S/C16H21ClN2O3/c17-14-3-1-13(2-4-14)11-18-15(20)12-19-7-5-16(6-8-19)21-9-10-22-16/h1-4H,5-12H2,(H,18,20)/p+1. The summed E-state index contributed by atoms with van der Waals surface area (Å²) in [7, 11) is 0. The highest BCUT2D eigenvalue weighted by Crippen LogP contribution is 2.27. The Hall–Kier alpha value is -1.14. The summed E-state index contributed by atoms with van der Waals surface area (Å²) in [5, 5.41) is 3.67. The molecular formula is C16H22ClN2O3+. The van der Waals surface area contributed by atoms with Crippen LogP contribution >= 0.6 is 11.6 Å². The molecule has 5 nitrogen and oxygen atoms in total. The van der Waals surface area contributed by atoms with Crippen LogP contribution in [0.3, 0.4) is 0 Å². The van der Waals surface area contributed by atoms with Crippen LogP contribution < -0.4 is 10.2 Å². The summed E-state index contributed by atoms with van der Waals surface area (Å²) in [6.07, 6.45) is 1.74. The van der Waals surface area contributed by atoms with Crippen molar-refractivity contribution in [1.29, 1.82) is 0 Å². The highest BCUT2D eigenvalue weighted by Gasteiger charge is 2.41. The Labute approximate surface area is 135 Å². The van der Waals surface area contributed by atoms with Gasteiger partial charge in [-0.25, -0.2) is 0 Å². The lowest BCUT2D eigenvalue weighted by molar-refractivity contribution is -0.900. The number of benzene rings is 1. The van der Waals surface area contributed by atoms with Crippen LogP contribution in [0.2, 0.25) is 5.02 Å². The molecule has 1 amide bonds. The van der Waals surface area contributed by atoms with Crippen LogP contribution in [0.25, 0.3) is 0 Å². The van der Waals surface area contributed by atoms with Gasteiger partial charge in [0, 0.05) is 11.6 Å². The van der Waals surface area contributed by atoms with Crippen molar-refractivity contribution in [2.45, 2.75) is 25.2 Å². The Morgan fingerprint density at radius 1 is 1.18 bits per heavy atom. The maximum Gasteiger partial charge on any atom is 0.275 e. The Kier molecular flexibility index (Phi) is 4.98. The van der Waals surface area contributed by atoms with E-state index in [9.17, 15) is 4.79 Å². The molecule has 0 radical (unpaired) electrons. The van der Waals surface area contributed by atoms with E-state index in [0.717, 1.165) is 31.5 Å². The van der Waals surface area contributed by atoms with E-state index in [-0.39, 0.29) is 11.7 Å². The Morgan fingerprint density at radius 3 is 2.45 bits per heavy atom. The zero-order chi connectivity index (χ0) is 15.4. The summed E-state index contributed by atoms with van der Waals surface area (Å²) in [5.74, 6) is -0.280. The third-order valence-electron chi connectivity index (χ3n) is 4.35. The minimum atomic E-state index is -0.358. The fraction of sp³-hybridized carbons (Fsp3) is 0.562. The minimum absolute atomic E-state index is 0.0779. The van der Waals surface area contributed by atoms with E-state index in [1.165, 1.54) is 4.90 Å². The molecule has 2 aliphatic heterocycles. The smallest absolute Gasteiger partial charge is 0.275 e. The van der Waals surface area contributed by atoms with Gasteiger partial charge in [-0.15, -0.1) is 0 Å². The zero-order valence-electron chi connectivity index (χ0n) is 12.6. The number of amides is 1. The van der Waals surface area contributed by atoms with Crippen LogP contribution in [0.5, 0.6) is 0 Å². The molecule has 0 atom stereocenters. The SMILES string of the molecule is O=C(C[NH+]1CCC2(CC1)OCCO2)NCc1ccc(Cl)cc1. The average molecular weight is 326 g/mol. The van der Waals surface area contributed by atoms with Gasteiger partial charge in [-0.2, -0.15) is 0 Å². The summed E-state index contributed by atoms with van der Waals surface area (Å²) in [6.45, 7) is 4.25. The lowest BCUT2D eigenvalue weighted by atomic mass is 10.0. The van der Waals surface area contributed by atoms with Crippen molar-refractivity contribution in [3.05, 3.63) is 34.9 Å². The zero-order valence-corrected chi connectivity index (χ0v) is 13.3. The van der Waals surface area contributed by atoms with Crippen LogP contribution in [-0.2, 0) is 20.8 Å². The molecule has 120 valence electrons. The number of carbonyl (C=O) groups is 1. The van der Waals surface area contributed by atoms with Crippen molar-refractivity contribution in [2.24, 2.45) is 0 Å². The summed E-state index contributed by atoms with van der Waals surface area (Å²) in [4.78, 5) is 13.3. The highest BCUT2D eigenvalue weighted by atomic mass is 35.5. The van der Waals surface area contributed by atoms with Gasteiger partial charge in [0.25, 0.3) is 5.91 Å². The number of carbonyl (C=O) groups excluding carboxylic acids is 1. The lowest BCUT2D eigenvalue weighted by Crippen LogP contribution is -3.14. The number of halogens is 1. The maximum atomic E-state index is 12.0. The lowest BCUT2D eigenvalue weighted by Gasteiger charge is -2.34. The third kappa shape index (κ3) is 3.98. The fourth-order valence-corrected chi connectivity index (χ4v) is 3.17. The third-order valence-corrected chi connectivity index (χ3v) is 4.60. The van der Waals surface area contributed by atoms with Crippen LogP contribution in [-0.4, -0.2) is 44.5 Å². The molecule has 2 heterocycles. The molecule has 0 aliphatic carbocycles. The van der Waals surface area contributed by atoms with Crippen molar-refractivity contribution >= 4 is 17.5 Å². The second-order valence-corrected chi connectivity index (χ2v) is 6.37. The van der Waals surface area contributed by atoms with E-state index in [1.807, 2.05) is 24.3 Å². The van der Waals surface area contributed by atoms with Gasteiger partial charge in [0.05, 0.1) is 39.1 Å². The number of rotatable bonds is 4. The minimum Gasteiger partial charge on any atom is -0.347 e. The number of ether oxygens (including phenoxy) is 2. The Bertz CT molecular complexity index is 505. The van der Waals surface area contributed by atoms with E-state index in [1.54, 1.807) is 0 Å². The number of nitrogens with one attached hydrogen (secondary N) is 2. The van der Waals surface area contributed by atoms with Gasteiger partial charge < -0.3 is 19.7 Å². The molecule has 2 aliphatic rings. The van der Waals surface area contributed by atoms with E-state index in [2.05, 4.69) is 5.32 Å². The van der Waals surface area contributed by atoms with E-state index < -0.39 is 0 Å². The maximum absolute atomic E-state index is 12.0. The van der Waals surface area contributed by atoms with Crippen molar-refractivity contribution in [3.63, 3.8) is 0 Å². The highest BCUT2D eigenvalue weighted by molar-refractivity contribution is 6.30. The number of hydrogen-bond donors (Lipinski definition) is 2. The average Bonchev–Trinajstić information content (AvgIpc) is 2.98. The Balaban J connectivity index is 1.40. The largest absolute Gasteiger partial charge is 0.347 e. The first kappa shape index (κ1) is 15.7. The van der Waals surface area contributed by atoms with Gasteiger partial charge in [0.15, 0.2) is 12.3 Å². The molecule has 6 heteroatoms. The molecule has 22 heavy (non-hydrogen) atoms. The first-order valence-corrected chi connectivity index (χ1v) is 8.16. The molecule has 0 saturated carbocycles. The van der Waals surface area contributed by atoms with Crippen molar-refractivity contribution in [2.75, 3.05) is 32.8 Å². The molecule has 3 rings (SSSR count). The molecule has 2 saturated heterocycles. The number of likely N-dealkylation sites (tertiary alicyclic amines) is 1. The quantitative estimate of drug-likeness (QED) is 0.841. The summed E-state index contributed by atoms with van der Waals surface area (Å²) >= 11 is 5.84. The molecule has 1 aromatic rings. The topological polar surface area (TPSA) is 52.0 Å². The van der Waals surface area contributed by atoms with Gasteiger partial charge in [0.2, 0.25) is 0 Å². The number of hydrogen-bond acceptors (Lipinski definition) is 3. The van der Waals surface area contributed by atoms with Crippen LogP contribution in [0.1, 0.15) is 18.4 Å². The van der Waals surface area contributed by atoms with E-state index in [0.29, 0.717) is 31.3 Å². The molecule has 0 aromatic heterocycles. The molecule has 0 unspecified atom stereocenters. The fourth-order valence-electron chi connectivity index (χ4n) is 3.04. The monoisotopic (exact) mass is 325 g/mol. The van der Waals surface area contributed by atoms with Crippen LogP contribution in [0, 0.1) is 0 Å². The van der Waals surface area contributed by atoms with Crippen LogP contribution in [0.15, 0.2) is 24.3 Å². The van der Waals surface area contributed by atoms with Gasteiger partial charge in [-0.05, 0) is 17.7 Å². The van der Waals surface area contributed by atoms with Crippen LogP contribution in [0.4, 0.5) is 0 Å². The number of piperidine rings is 1. The summed E-state index contributed by atoms with van der Waals surface area (Å²) in [5.41, 5.74) is 1.05. The van der Waals surface area contributed by atoms with E-state index >= 15 is 0 Å². The predicted octanol–water partition coefficient (Wildman–Crippen LogP) is 0.378. The van der Waals surface area contributed by atoms with Gasteiger partial charge in [0.1, 0.15) is 0 Å². The first-order chi connectivity index (χ1) is 10.7. The van der Waals surface area contributed by atoms with Crippen molar-refractivity contribution in [1.82, 2.24) is 5.32 Å². The second-order valence-electron chi connectivity index (χ2n) is 5.94. The molecular weight excluding hydrogens is 304 g/mol. The normalized spacial score (nSPS) is 21.1. The van der Waals surface area contributed by atoms with Crippen molar-refractivity contribution < 1.29 is 19.2 Å². The van der Waals surface area contributed by atoms with Gasteiger partial charge in [-0.3, -0.25) is 4.79 Å². The number of quaternary nitrogens is 1. The Morgan fingerprint density at radius 2 is 1.82 bits per heavy atom. The first-order valence-electron chi connectivity index (χ1n) is 7.78. The predicted molar refractivity (Wildman–Crippen MR) is 82.7 cm³/mol. The summed E-state index contributed by atoms with van der Waals surface area (Å²) in [6, 6.07) is 7.52. The molecule has 1 spiro atoms. The van der Waals surface area contributed by atoms with Gasteiger partial charge >= 0.3 is 0 Å². The second kappa shape index (κ2) is 6.96. The van der Waals surface area contributed by atoms with Gasteiger partial charge in [-0.1, -0.05) is 23.7 Å². The summed E-state index contributed by atoms with van der Waals surface area (Å²) < 4.78 is 11.4. The molecule has 0 bridgehead atoms. The van der Waals surface area contributed by atoms with E-state index in [4.69, 9.17) is 21.1 Å².